The summed E-state index contributed by atoms with van der Waals surface area (Å²) in [6.07, 6.45) is 0. The molecule has 0 saturated carbocycles. The van der Waals surface area contributed by atoms with Crippen molar-refractivity contribution in [3.05, 3.63) is 51.2 Å². The maximum atomic E-state index is 12.9. The molecule has 0 N–H and O–H groups in total. The molecule has 3 rings (SSSR count). The number of carbonyl (C=O) groups excluding carboxylic acids is 1. The van der Waals surface area contributed by atoms with Crippen LogP contribution in [0.15, 0.2) is 41.2 Å². The van der Waals surface area contributed by atoms with Gasteiger partial charge in [-0.05, 0) is 25.2 Å². The number of benzene rings is 1. The zero-order valence-electron chi connectivity index (χ0n) is 12.7. The smallest absolute Gasteiger partial charge is 0.280 e. The van der Waals surface area contributed by atoms with E-state index in [0.29, 0.717) is 32.2 Å². The van der Waals surface area contributed by atoms with Gasteiger partial charge in [0.15, 0.2) is 0 Å². The molecule has 1 fully saturated rings. The Morgan fingerprint density at radius 2 is 1.70 bits per heavy atom. The van der Waals surface area contributed by atoms with Gasteiger partial charge >= 0.3 is 0 Å². The normalized spacial score (nSPS) is 20.0. The fourth-order valence-electron chi connectivity index (χ4n) is 2.76. The number of likely N-dealkylation sites (N-methyl/N-ethyl adjacent to an activating group) is 1. The number of anilines is 1. The van der Waals surface area contributed by atoms with E-state index in [9.17, 15) is 4.79 Å². The summed E-state index contributed by atoms with van der Waals surface area (Å²) in [5.74, 6) is -0.178. The van der Waals surface area contributed by atoms with Gasteiger partial charge in [0.25, 0.3) is 5.91 Å². The second-order valence-electron chi connectivity index (χ2n) is 5.64. The van der Waals surface area contributed by atoms with Gasteiger partial charge in [-0.25, -0.2) is 0 Å². The molecule has 2 aliphatic rings. The Balaban J connectivity index is 1.91. The first-order valence-electron chi connectivity index (χ1n) is 7.22. The molecule has 4 nitrogen and oxygen atoms in total. The van der Waals surface area contributed by atoms with Crippen LogP contribution >= 0.6 is 34.8 Å². The van der Waals surface area contributed by atoms with Gasteiger partial charge < -0.3 is 9.80 Å². The summed E-state index contributed by atoms with van der Waals surface area (Å²) in [7, 11) is 2.06. The molecule has 1 aromatic carbocycles. The van der Waals surface area contributed by atoms with E-state index in [-0.39, 0.29) is 5.91 Å². The molecule has 2 heterocycles. The summed E-state index contributed by atoms with van der Waals surface area (Å²) in [6, 6.07) is 5.03. The minimum atomic E-state index is -0.178. The SMILES string of the molecule is C=C1C(Cl)=C(N2CCN(C)CC2)C(=O)N1c1ccc(Cl)c(Cl)c1. The fraction of sp³-hybridized carbons (Fsp3) is 0.312. The zero-order valence-corrected chi connectivity index (χ0v) is 14.9. The van der Waals surface area contributed by atoms with Crippen LogP contribution in [0, 0.1) is 0 Å². The van der Waals surface area contributed by atoms with Crippen molar-refractivity contribution in [2.75, 3.05) is 38.1 Å². The number of hydrogen-bond acceptors (Lipinski definition) is 3. The topological polar surface area (TPSA) is 26.8 Å². The van der Waals surface area contributed by atoms with Crippen molar-refractivity contribution in [3.63, 3.8) is 0 Å². The average molecular weight is 373 g/mol. The molecule has 2 aliphatic heterocycles. The van der Waals surface area contributed by atoms with Gasteiger partial charge in [-0.1, -0.05) is 41.4 Å². The second-order valence-corrected chi connectivity index (χ2v) is 6.83. The first-order chi connectivity index (χ1) is 10.9. The van der Waals surface area contributed by atoms with Crippen molar-refractivity contribution in [1.82, 2.24) is 9.80 Å². The lowest BCUT2D eigenvalue weighted by Crippen LogP contribution is -2.45. The number of carbonyl (C=O) groups is 1. The molecular weight excluding hydrogens is 357 g/mol. The van der Waals surface area contributed by atoms with Gasteiger partial charge in [-0.3, -0.25) is 9.69 Å². The molecule has 7 heteroatoms. The Hall–Kier alpha value is -1.20. The Bertz CT molecular complexity index is 709. The third kappa shape index (κ3) is 2.96. The van der Waals surface area contributed by atoms with E-state index in [1.165, 1.54) is 4.90 Å². The Kier molecular flexibility index (Phi) is 4.61. The number of hydrogen-bond donors (Lipinski definition) is 0. The molecule has 0 radical (unpaired) electrons. The fourth-order valence-corrected chi connectivity index (χ4v) is 3.34. The molecule has 0 aliphatic carbocycles. The number of nitrogens with zero attached hydrogens (tertiary/aromatic N) is 3. The van der Waals surface area contributed by atoms with Gasteiger partial charge in [-0.2, -0.15) is 0 Å². The van der Waals surface area contributed by atoms with Crippen molar-refractivity contribution in [3.8, 4) is 0 Å². The van der Waals surface area contributed by atoms with Crippen LogP contribution in [-0.4, -0.2) is 48.9 Å². The first kappa shape index (κ1) is 16.7. The van der Waals surface area contributed by atoms with E-state index in [4.69, 9.17) is 34.8 Å². The van der Waals surface area contributed by atoms with Crippen LogP contribution in [0.2, 0.25) is 10.0 Å². The number of rotatable bonds is 2. The number of piperazine rings is 1. The van der Waals surface area contributed by atoms with E-state index >= 15 is 0 Å². The highest BCUT2D eigenvalue weighted by atomic mass is 35.5. The van der Waals surface area contributed by atoms with E-state index in [0.717, 1.165) is 26.2 Å². The molecule has 1 saturated heterocycles. The molecule has 122 valence electrons. The van der Waals surface area contributed by atoms with Crippen LogP contribution in [0.5, 0.6) is 0 Å². The molecule has 0 aromatic heterocycles. The first-order valence-corrected chi connectivity index (χ1v) is 8.35. The van der Waals surface area contributed by atoms with Crippen LogP contribution in [0.1, 0.15) is 0 Å². The predicted molar refractivity (Wildman–Crippen MR) is 95.0 cm³/mol. The molecule has 0 bridgehead atoms. The van der Waals surface area contributed by atoms with Crippen LogP contribution in [0.3, 0.4) is 0 Å². The van der Waals surface area contributed by atoms with Crippen LogP contribution in [0.4, 0.5) is 5.69 Å². The lowest BCUT2D eigenvalue weighted by atomic mass is 10.2. The molecule has 23 heavy (non-hydrogen) atoms. The van der Waals surface area contributed by atoms with Crippen LogP contribution in [0.25, 0.3) is 0 Å². The van der Waals surface area contributed by atoms with E-state index < -0.39 is 0 Å². The largest absolute Gasteiger partial charge is 0.363 e. The number of amides is 1. The minimum Gasteiger partial charge on any atom is -0.363 e. The highest BCUT2D eigenvalue weighted by Gasteiger charge is 2.38. The van der Waals surface area contributed by atoms with Crippen molar-refractivity contribution >= 4 is 46.4 Å². The highest BCUT2D eigenvalue weighted by molar-refractivity contribution is 6.42. The summed E-state index contributed by atoms with van der Waals surface area (Å²) in [5, 5.41) is 1.21. The molecular formula is C16H16Cl3N3O. The van der Waals surface area contributed by atoms with Gasteiger partial charge in [0.2, 0.25) is 0 Å². The summed E-state index contributed by atoms with van der Waals surface area (Å²) >= 11 is 18.4. The van der Waals surface area contributed by atoms with Crippen molar-refractivity contribution in [2.45, 2.75) is 0 Å². The molecule has 0 atom stereocenters. The molecule has 0 spiro atoms. The second kappa shape index (κ2) is 6.36. The van der Waals surface area contributed by atoms with Gasteiger partial charge in [-0.15, -0.1) is 0 Å². The van der Waals surface area contributed by atoms with E-state index in [1.807, 2.05) is 4.90 Å². The lowest BCUT2D eigenvalue weighted by Gasteiger charge is -2.34. The van der Waals surface area contributed by atoms with Crippen LogP contribution < -0.4 is 4.90 Å². The Morgan fingerprint density at radius 1 is 1.04 bits per heavy atom. The predicted octanol–water partition coefficient (Wildman–Crippen LogP) is 3.55. The molecule has 0 unspecified atom stereocenters. The average Bonchev–Trinajstić information content (AvgIpc) is 2.74. The van der Waals surface area contributed by atoms with Crippen molar-refractivity contribution in [2.24, 2.45) is 0 Å². The minimum absolute atomic E-state index is 0.178. The number of halogens is 3. The van der Waals surface area contributed by atoms with Gasteiger partial charge in [0.1, 0.15) is 5.70 Å². The van der Waals surface area contributed by atoms with Crippen LogP contribution in [-0.2, 0) is 4.79 Å². The van der Waals surface area contributed by atoms with E-state index in [2.05, 4.69) is 18.5 Å². The monoisotopic (exact) mass is 371 g/mol. The van der Waals surface area contributed by atoms with Gasteiger partial charge in [0, 0.05) is 26.2 Å². The standard InChI is InChI=1S/C16H16Cl3N3O/c1-10-14(19)15(21-7-5-20(2)6-8-21)16(23)22(10)11-3-4-12(17)13(18)9-11/h3-4,9H,1,5-8H2,2H3. The quantitative estimate of drug-likeness (QED) is 0.794. The van der Waals surface area contributed by atoms with Crippen molar-refractivity contribution < 1.29 is 4.79 Å². The summed E-state index contributed by atoms with van der Waals surface area (Å²) in [4.78, 5) is 18.6. The summed E-state index contributed by atoms with van der Waals surface area (Å²) in [5.41, 5.74) is 1.58. The highest BCUT2D eigenvalue weighted by Crippen LogP contribution is 2.38. The number of allylic oxidation sites excluding steroid dienone is 1. The Labute approximate surface area is 150 Å². The molecule has 1 amide bonds. The maximum absolute atomic E-state index is 12.9. The third-order valence-corrected chi connectivity index (χ3v) is 5.25. The van der Waals surface area contributed by atoms with Gasteiger partial charge in [0.05, 0.1) is 26.5 Å². The maximum Gasteiger partial charge on any atom is 0.280 e. The zero-order chi connectivity index (χ0) is 16.7. The summed E-state index contributed by atoms with van der Waals surface area (Å²) < 4.78 is 0. The molecule has 1 aromatic rings. The third-order valence-electron chi connectivity index (χ3n) is 4.12. The summed E-state index contributed by atoms with van der Waals surface area (Å²) in [6.45, 7) is 7.26. The lowest BCUT2D eigenvalue weighted by molar-refractivity contribution is -0.115. The van der Waals surface area contributed by atoms with Crippen molar-refractivity contribution in [1.29, 1.82) is 0 Å². The Morgan fingerprint density at radius 3 is 2.30 bits per heavy atom. The van der Waals surface area contributed by atoms with E-state index in [1.54, 1.807) is 18.2 Å².